The molecule has 1 N–H and O–H groups in total. The van der Waals surface area contributed by atoms with Gasteiger partial charge < -0.3 is 5.32 Å². The Balaban J connectivity index is 1.93. The molecule has 1 aliphatic carbocycles. The van der Waals surface area contributed by atoms with Crippen LogP contribution in [0.25, 0.3) is 0 Å². The molecule has 1 heterocycles. The lowest BCUT2D eigenvalue weighted by molar-refractivity contribution is 0.0933. The molecular formula is C13H17ClN2O. The monoisotopic (exact) mass is 252 g/mol. The summed E-state index contributed by atoms with van der Waals surface area (Å²) in [6.45, 7) is 0. The van der Waals surface area contributed by atoms with Gasteiger partial charge in [0.25, 0.3) is 5.91 Å². The molecule has 0 spiro atoms. The van der Waals surface area contributed by atoms with Gasteiger partial charge in [0.1, 0.15) is 5.15 Å². The summed E-state index contributed by atoms with van der Waals surface area (Å²) in [5.41, 5.74) is 0.582. The second-order valence-corrected chi connectivity index (χ2v) is 4.92. The van der Waals surface area contributed by atoms with Crippen molar-refractivity contribution in [2.75, 3.05) is 0 Å². The Labute approximate surface area is 107 Å². The molecule has 0 bridgehead atoms. The van der Waals surface area contributed by atoms with Crippen molar-refractivity contribution in [1.82, 2.24) is 10.3 Å². The normalized spacial score (nSPS) is 17.5. The molecule has 0 aliphatic heterocycles. The molecule has 0 atom stereocenters. The molecule has 1 fully saturated rings. The summed E-state index contributed by atoms with van der Waals surface area (Å²) in [6.07, 6.45) is 8.70. The molecule has 1 aromatic rings. The van der Waals surface area contributed by atoms with Crippen molar-refractivity contribution in [1.29, 1.82) is 0 Å². The maximum Gasteiger partial charge on any atom is 0.253 e. The molecule has 4 heteroatoms. The zero-order valence-electron chi connectivity index (χ0n) is 9.79. The van der Waals surface area contributed by atoms with Crippen molar-refractivity contribution in [3.8, 4) is 0 Å². The van der Waals surface area contributed by atoms with Gasteiger partial charge in [0.15, 0.2) is 0 Å². The molecule has 1 aliphatic rings. The van der Waals surface area contributed by atoms with E-state index < -0.39 is 0 Å². The first kappa shape index (κ1) is 12.4. The van der Waals surface area contributed by atoms with Crippen LogP contribution in [0.4, 0.5) is 0 Å². The molecule has 92 valence electrons. The van der Waals surface area contributed by atoms with E-state index in [0.717, 1.165) is 12.8 Å². The molecule has 0 saturated heterocycles. The Morgan fingerprint density at radius 3 is 2.53 bits per heavy atom. The second-order valence-electron chi connectivity index (χ2n) is 4.53. The van der Waals surface area contributed by atoms with Gasteiger partial charge in [0, 0.05) is 12.2 Å². The molecule has 17 heavy (non-hydrogen) atoms. The van der Waals surface area contributed by atoms with Gasteiger partial charge in [-0.25, -0.2) is 4.98 Å². The van der Waals surface area contributed by atoms with E-state index in [2.05, 4.69) is 10.3 Å². The third-order valence-electron chi connectivity index (χ3n) is 3.18. The number of hydrogen-bond donors (Lipinski definition) is 1. The van der Waals surface area contributed by atoms with E-state index in [0.29, 0.717) is 16.8 Å². The number of carbonyl (C=O) groups is 1. The average Bonchev–Trinajstić information content (AvgIpc) is 2.58. The summed E-state index contributed by atoms with van der Waals surface area (Å²) in [5.74, 6) is -0.0407. The highest BCUT2D eigenvalue weighted by Crippen LogP contribution is 2.17. The zero-order chi connectivity index (χ0) is 12.1. The van der Waals surface area contributed by atoms with Crippen LogP contribution in [-0.2, 0) is 0 Å². The van der Waals surface area contributed by atoms with Gasteiger partial charge >= 0.3 is 0 Å². The van der Waals surface area contributed by atoms with Crippen molar-refractivity contribution < 1.29 is 4.79 Å². The Hall–Kier alpha value is -1.09. The minimum absolute atomic E-state index is 0.0407. The fourth-order valence-corrected chi connectivity index (χ4v) is 2.31. The summed E-state index contributed by atoms with van der Waals surface area (Å²) in [6, 6.07) is 3.67. The average molecular weight is 253 g/mol. The van der Waals surface area contributed by atoms with Gasteiger partial charge in [-0.1, -0.05) is 37.3 Å². The van der Waals surface area contributed by atoms with Crippen LogP contribution in [0.15, 0.2) is 18.3 Å². The van der Waals surface area contributed by atoms with E-state index in [1.165, 1.54) is 31.9 Å². The predicted octanol–water partition coefficient (Wildman–Crippen LogP) is 3.19. The van der Waals surface area contributed by atoms with Crippen molar-refractivity contribution in [2.24, 2.45) is 0 Å². The number of carbonyl (C=O) groups excluding carboxylic acids is 1. The van der Waals surface area contributed by atoms with Crippen LogP contribution < -0.4 is 5.32 Å². The topological polar surface area (TPSA) is 42.0 Å². The number of pyridine rings is 1. The highest BCUT2D eigenvalue weighted by atomic mass is 35.5. The van der Waals surface area contributed by atoms with Crippen molar-refractivity contribution in [3.05, 3.63) is 29.0 Å². The van der Waals surface area contributed by atoms with Gasteiger partial charge in [-0.05, 0) is 25.0 Å². The number of halogens is 1. The van der Waals surface area contributed by atoms with Gasteiger partial charge in [-0.2, -0.15) is 0 Å². The van der Waals surface area contributed by atoms with Crippen LogP contribution in [0, 0.1) is 0 Å². The van der Waals surface area contributed by atoms with E-state index in [-0.39, 0.29) is 5.91 Å². The number of aromatic nitrogens is 1. The highest BCUT2D eigenvalue weighted by Gasteiger charge is 2.15. The quantitative estimate of drug-likeness (QED) is 0.649. The first-order valence-electron chi connectivity index (χ1n) is 6.18. The largest absolute Gasteiger partial charge is 0.349 e. The first-order chi connectivity index (χ1) is 8.25. The number of hydrogen-bond acceptors (Lipinski definition) is 2. The number of amides is 1. The second kappa shape index (κ2) is 6.01. The van der Waals surface area contributed by atoms with Gasteiger partial charge in [0.2, 0.25) is 0 Å². The molecule has 1 amide bonds. The molecule has 0 unspecified atom stereocenters. The van der Waals surface area contributed by atoms with Crippen LogP contribution in [0.5, 0.6) is 0 Å². The van der Waals surface area contributed by atoms with Crippen molar-refractivity contribution >= 4 is 17.5 Å². The van der Waals surface area contributed by atoms with Crippen LogP contribution >= 0.6 is 11.6 Å². The third kappa shape index (κ3) is 3.70. The molecule has 1 saturated carbocycles. The Morgan fingerprint density at radius 2 is 1.94 bits per heavy atom. The lowest BCUT2D eigenvalue weighted by Crippen LogP contribution is -2.34. The number of rotatable bonds is 2. The first-order valence-corrected chi connectivity index (χ1v) is 6.56. The fourth-order valence-electron chi connectivity index (χ4n) is 2.20. The van der Waals surface area contributed by atoms with E-state index in [1.807, 2.05) is 0 Å². The summed E-state index contributed by atoms with van der Waals surface area (Å²) in [4.78, 5) is 15.9. The van der Waals surface area contributed by atoms with Crippen LogP contribution in [0.3, 0.4) is 0 Å². The Kier molecular flexibility index (Phi) is 4.37. The molecule has 2 rings (SSSR count). The van der Waals surface area contributed by atoms with Gasteiger partial charge in [-0.15, -0.1) is 0 Å². The Morgan fingerprint density at radius 1 is 1.24 bits per heavy atom. The van der Waals surface area contributed by atoms with E-state index >= 15 is 0 Å². The molecule has 1 aromatic heterocycles. The molecule has 0 radical (unpaired) electrons. The minimum Gasteiger partial charge on any atom is -0.349 e. The van der Waals surface area contributed by atoms with Crippen molar-refractivity contribution in [2.45, 2.75) is 44.6 Å². The van der Waals surface area contributed by atoms with E-state index in [1.54, 1.807) is 12.1 Å². The SMILES string of the molecule is O=C(NC1CCCCCC1)c1ccc(Cl)nc1. The summed E-state index contributed by atoms with van der Waals surface area (Å²) in [7, 11) is 0. The molecule has 0 aromatic carbocycles. The maximum absolute atomic E-state index is 11.9. The standard InChI is InChI=1S/C13H17ClN2O/c14-12-8-7-10(9-15-12)13(17)16-11-5-3-1-2-4-6-11/h7-9,11H,1-6H2,(H,16,17). The third-order valence-corrected chi connectivity index (χ3v) is 3.40. The Bertz CT molecular complexity index is 370. The smallest absolute Gasteiger partial charge is 0.253 e. The zero-order valence-corrected chi connectivity index (χ0v) is 10.5. The molecular weight excluding hydrogens is 236 g/mol. The molecule has 3 nitrogen and oxygen atoms in total. The summed E-state index contributed by atoms with van der Waals surface area (Å²) in [5, 5.41) is 3.49. The van der Waals surface area contributed by atoms with Crippen LogP contribution in [0.1, 0.15) is 48.9 Å². The van der Waals surface area contributed by atoms with Crippen LogP contribution in [0.2, 0.25) is 5.15 Å². The maximum atomic E-state index is 11.9. The summed E-state index contributed by atoms with van der Waals surface area (Å²) < 4.78 is 0. The lowest BCUT2D eigenvalue weighted by Gasteiger charge is -2.15. The van der Waals surface area contributed by atoms with E-state index in [4.69, 9.17) is 11.6 Å². The van der Waals surface area contributed by atoms with Gasteiger partial charge in [0.05, 0.1) is 5.56 Å². The predicted molar refractivity (Wildman–Crippen MR) is 68.2 cm³/mol. The van der Waals surface area contributed by atoms with Gasteiger partial charge in [-0.3, -0.25) is 4.79 Å². The van der Waals surface area contributed by atoms with Crippen molar-refractivity contribution in [3.63, 3.8) is 0 Å². The minimum atomic E-state index is -0.0407. The lowest BCUT2D eigenvalue weighted by atomic mass is 10.1. The van der Waals surface area contributed by atoms with E-state index in [9.17, 15) is 4.79 Å². The highest BCUT2D eigenvalue weighted by molar-refractivity contribution is 6.29. The number of nitrogens with one attached hydrogen (secondary N) is 1. The number of nitrogens with zero attached hydrogens (tertiary/aromatic N) is 1. The fraction of sp³-hybridized carbons (Fsp3) is 0.538. The summed E-state index contributed by atoms with van der Waals surface area (Å²) >= 11 is 5.69. The van der Waals surface area contributed by atoms with Crippen LogP contribution in [-0.4, -0.2) is 16.9 Å².